The van der Waals surface area contributed by atoms with Gasteiger partial charge in [-0.25, -0.2) is 0 Å². The zero-order valence-corrected chi connectivity index (χ0v) is 9.69. The first kappa shape index (κ1) is 11.8. The molecular weight excluding hydrogens is 208 g/mol. The molecule has 1 amide bonds. The van der Waals surface area contributed by atoms with Crippen molar-refractivity contribution in [3.63, 3.8) is 0 Å². The van der Waals surface area contributed by atoms with Gasteiger partial charge in [0.2, 0.25) is 5.91 Å². The topological polar surface area (TPSA) is 61.8 Å². The Morgan fingerprint density at radius 1 is 1.50 bits per heavy atom. The molecule has 0 bridgehead atoms. The highest BCUT2D eigenvalue weighted by atomic mass is 16.5. The van der Waals surface area contributed by atoms with Gasteiger partial charge in [-0.05, 0) is 12.8 Å². The molecule has 2 aliphatic rings. The van der Waals surface area contributed by atoms with Gasteiger partial charge < -0.3 is 20.1 Å². The van der Waals surface area contributed by atoms with E-state index >= 15 is 0 Å². The summed E-state index contributed by atoms with van der Waals surface area (Å²) in [4.78, 5) is 13.8. The molecule has 0 radical (unpaired) electrons. The van der Waals surface area contributed by atoms with Gasteiger partial charge in [-0.2, -0.15) is 0 Å². The number of likely N-dealkylation sites (N-methyl/N-ethyl adjacent to an activating group) is 1. The minimum absolute atomic E-state index is 0.0217. The highest BCUT2D eigenvalue weighted by Gasteiger charge is 2.34. The van der Waals surface area contributed by atoms with E-state index in [0.717, 1.165) is 19.4 Å². The fourth-order valence-corrected chi connectivity index (χ4v) is 2.43. The number of nitrogens with one attached hydrogen (secondary N) is 1. The van der Waals surface area contributed by atoms with E-state index in [1.165, 1.54) is 0 Å². The van der Waals surface area contributed by atoms with Crippen molar-refractivity contribution in [2.45, 2.75) is 25.0 Å². The number of ether oxygens (including phenoxy) is 1. The number of rotatable bonds is 2. The predicted octanol–water partition coefficient (Wildman–Crippen LogP) is -0.796. The van der Waals surface area contributed by atoms with Crippen LogP contribution in [0, 0.1) is 5.92 Å². The molecule has 2 N–H and O–H groups in total. The van der Waals surface area contributed by atoms with Gasteiger partial charge in [0.1, 0.15) is 0 Å². The molecule has 2 fully saturated rings. The van der Waals surface area contributed by atoms with Crippen molar-refractivity contribution in [1.82, 2.24) is 10.2 Å². The third kappa shape index (κ3) is 2.36. The first-order chi connectivity index (χ1) is 7.70. The van der Waals surface area contributed by atoms with E-state index in [4.69, 9.17) is 4.74 Å². The summed E-state index contributed by atoms with van der Waals surface area (Å²) in [5.74, 6) is 0.0824. The van der Waals surface area contributed by atoms with Gasteiger partial charge in [-0.3, -0.25) is 4.79 Å². The highest BCUT2D eigenvalue weighted by molar-refractivity contribution is 5.79. The molecule has 0 spiro atoms. The molecule has 16 heavy (non-hydrogen) atoms. The van der Waals surface area contributed by atoms with Gasteiger partial charge in [0.15, 0.2) is 0 Å². The van der Waals surface area contributed by atoms with Crippen LogP contribution in [-0.4, -0.2) is 61.4 Å². The van der Waals surface area contributed by atoms with Gasteiger partial charge >= 0.3 is 0 Å². The normalized spacial score (nSPS) is 35.0. The largest absolute Gasteiger partial charge is 0.390 e. The molecule has 0 saturated carbocycles. The summed E-state index contributed by atoms with van der Waals surface area (Å²) in [5.41, 5.74) is 0. The standard InChI is InChI=1S/C11H20N2O3/c1-13(9-5-12-6-10(9)14)11(15)8-3-2-4-16-7-8/h8-10,12,14H,2-7H2,1H3/t8?,9-,10-/m0/s1. The average molecular weight is 228 g/mol. The minimum Gasteiger partial charge on any atom is -0.390 e. The Labute approximate surface area is 95.8 Å². The van der Waals surface area contributed by atoms with E-state index in [1.54, 1.807) is 11.9 Å². The molecule has 0 aromatic carbocycles. The molecular formula is C11H20N2O3. The molecule has 2 aliphatic heterocycles. The second-order valence-corrected chi connectivity index (χ2v) is 4.66. The lowest BCUT2D eigenvalue weighted by Gasteiger charge is -2.31. The number of hydrogen-bond donors (Lipinski definition) is 2. The van der Waals surface area contributed by atoms with Crippen LogP contribution in [-0.2, 0) is 9.53 Å². The van der Waals surface area contributed by atoms with Crippen LogP contribution in [0.3, 0.4) is 0 Å². The Bertz CT molecular complexity index is 254. The van der Waals surface area contributed by atoms with E-state index in [1.807, 2.05) is 0 Å². The number of hydrogen-bond acceptors (Lipinski definition) is 4. The van der Waals surface area contributed by atoms with Gasteiger partial charge in [0.25, 0.3) is 0 Å². The van der Waals surface area contributed by atoms with Gasteiger partial charge in [-0.1, -0.05) is 0 Å². The summed E-state index contributed by atoms with van der Waals surface area (Å²) in [5, 5.41) is 12.8. The van der Waals surface area contributed by atoms with Crippen LogP contribution in [0.15, 0.2) is 0 Å². The molecule has 1 unspecified atom stereocenters. The first-order valence-electron chi connectivity index (χ1n) is 5.93. The number of aliphatic hydroxyl groups is 1. The van der Waals surface area contributed by atoms with Crippen LogP contribution < -0.4 is 5.32 Å². The number of carbonyl (C=O) groups is 1. The van der Waals surface area contributed by atoms with Crippen LogP contribution >= 0.6 is 0 Å². The Kier molecular flexibility index (Phi) is 3.78. The second kappa shape index (κ2) is 5.12. The third-order valence-electron chi connectivity index (χ3n) is 3.51. The number of nitrogens with zero attached hydrogens (tertiary/aromatic N) is 1. The van der Waals surface area contributed by atoms with E-state index < -0.39 is 6.10 Å². The quantitative estimate of drug-likeness (QED) is 0.650. The summed E-state index contributed by atoms with van der Waals surface area (Å²) in [6, 6.07) is -0.0885. The SMILES string of the molecule is CN(C(=O)C1CCCOC1)[C@H]1CNC[C@@H]1O. The number of aliphatic hydroxyl groups excluding tert-OH is 1. The maximum absolute atomic E-state index is 12.1. The fraction of sp³-hybridized carbons (Fsp3) is 0.909. The Hall–Kier alpha value is -0.650. The monoisotopic (exact) mass is 228 g/mol. The summed E-state index contributed by atoms with van der Waals surface area (Å²) in [7, 11) is 1.78. The summed E-state index contributed by atoms with van der Waals surface area (Å²) < 4.78 is 5.32. The number of β-amino-alcohol motifs (C(OH)–C–C–N with tert-alkyl or cyclic N) is 1. The van der Waals surface area contributed by atoms with Gasteiger partial charge in [0, 0.05) is 26.7 Å². The second-order valence-electron chi connectivity index (χ2n) is 4.66. The van der Waals surface area contributed by atoms with E-state index in [2.05, 4.69) is 5.32 Å². The van der Waals surface area contributed by atoms with Crippen molar-refractivity contribution in [2.24, 2.45) is 5.92 Å². The van der Waals surface area contributed by atoms with Gasteiger partial charge in [-0.15, -0.1) is 0 Å². The Morgan fingerprint density at radius 2 is 2.31 bits per heavy atom. The smallest absolute Gasteiger partial charge is 0.228 e. The summed E-state index contributed by atoms with van der Waals surface area (Å²) in [6.45, 7) is 2.54. The summed E-state index contributed by atoms with van der Waals surface area (Å²) in [6.07, 6.45) is 1.41. The minimum atomic E-state index is -0.446. The van der Waals surface area contributed by atoms with Crippen LogP contribution in [0.2, 0.25) is 0 Å². The van der Waals surface area contributed by atoms with Crippen molar-refractivity contribution in [1.29, 1.82) is 0 Å². The zero-order valence-electron chi connectivity index (χ0n) is 9.69. The van der Waals surface area contributed by atoms with E-state index in [9.17, 15) is 9.90 Å². The molecule has 2 saturated heterocycles. The molecule has 0 aromatic rings. The maximum atomic E-state index is 12.1. The van der Waals surface area contributed by atoms with Crippen molar-refractivity contribution < 1.29 is 14.6 Å². The maximum Gasteiger partial charge on any atom is 0.228 e. The van der Waals surface area contributed by atoms with Crippen molar-refractivity contribution in [3.8, 4) is 0 Å². The van der Waals surface area contributed by atoms with Crippen molar-refractivity contribution in [3.05, 3.63) is 0 Å². The van der Waals surface area contributed by atoms with E-state index in [-0.39, 0.29) is 17.9 Å². The molecule has 0 aromatic heterocycles. The van der Waals surface area contributed by atoms with Gasteiger partial charge in [0.05, 0.1) is 24.7 Å². The van der Waals surface area contributed by atoms with Crippen LogP contribution in [0.25, 0.3) is 0 Å². The Morgan fingerprint density at radius 3 is 2.88 bits per heavy atom. The van der Waals surface area contributed by atoms with E-state index in [0.29, 0.717) is 19.7 Å². The van der Waals surface area contributed by atoms with Crippen LogP contribution in [0.4, 0.5) is 0 Å². The zero-order chi connectivity index (χ0) is 11.5. The molecule has 2 rings (SSSR count). The van der Waals surface area contributed by atoms with Crippen molar-refractivity contribution in [2.75, 3.05) is 33.4 Å². The lowest BCUT2D eigenvalue weighted by atomic mass is 9.99. The molecule has 2 heterocycles. The summed E-state index contributed by atoms with van der Waals surface area (Å²) >= 11 is 0. The average Bonchev–Trinajstić information content (AvgIpc) is 2.75. The Balaban J connectivity index is 1.92. The molecule has 3 atom stereocenters. The third-order valence-corrected chi connectivity index (χ3v) is 3.51. The van der Waals surface area contributed by atoms with Crippen molar-refractivity contribution >= 4 is 5.91 Å². The van der Waals surface area contributed by atoms with Crippen LogP contribution in [0.1, 0.15) is 12.8 Å². The first-order valence-corrected chi connectivity index (χ1v) is 5.93. The number of carbonyl (C=O) groups excluding carboxylic acids is 1. The molecule has 5 heteroatoms. The lowest BCUT2D eigenvalue weighted by molar-refractivity contribution is -0.141. The molecule has 0 aliphatic carbocycles. The lowest BCUT2D eigenvalue weighted by Crippen LogP contribution is -2.48. The number of amides is 1. The molecule has 5 nitrogen and oxygen atoms in total. The molecule has 92 valence electrons. The highest BCUT2D eigenvalue weighted by Crippen LogP contribution is 2.18. The van der Waals surface area contributed by atoms with Crippen LogP contribution in [0.5, 0.6) is 0 Å². The predicted molar refractivity (Wildman–Crippen MR) is 59.0 cm³/mol. The fourth-order valence-electron chi connectivity index (χ4n) is 2.43.